The molecule has 0 aliphatic heterocycles. The number of non-ortho nitro benzene ring substituents is 1. The Morgan fingerprint density at radius 2 is 1.50 bits per heavy atom. The molecule has 142 valence electrons. The lowest BCUT2D eigenvalue weighted by atomic mass is 9.88. The summed E-state index contributed by atoms with van der Waals surface area (Å²) < 4.78 is 0. The summed E-state index contributed by atoms with van der Waals surface area (Å²) in [5.74, 6) is 0.167. The fraction of sp³-hybridized carbons (Fsp3) is 0.136. The molecule has 0 spiro atoms. The highest BCUT2D eigenvalue weighted by Crippen LogP contribution is 2.27. The van der Waals surface area contributed by atoms with E-state index >= 15 is 0 Å². The largest absolute Gasteiger partial charge is 0.338 e. The molecule has 28 heavy (non-hydrogen) atoms. The van der Waals surface area contributed by atoms with Crippen molar-refractivity contribution in [3.8, 4) is 0 Å². The Bertz CT molecular complexity index is 891. The summed E-state index contributed by atoms with van der Waals surface area (Å²) in [6, 6.07) is 25.8. The van der Waals surface area contributed by atoms with E-state index in [1.807, 2.05) is 36.4 Å². The Morgan fingerprint density at radius 3 is 2.07 bits per heavy atom. The number of hydrogen-bond donors (Lipinski definition) is 2. The van der Waals surface area contributed by atoms with Crippen molar-refractivity contribution >= 4 is 17.4 Å². The molecule has 2 amide bonds. The number of carbonyl (C=O) groups is 1. The van der Waals surface area contributed by atoms with E-state index in [0.717, 1.165) is 6.42 Å². The average molecular weight is 375 g/mol. The third kappa shape index (κ3) is 5.17. The van der Waals surface area contributed by atoms with Crippen molar-refractivity contribution in [2.24, 2.45) is 0 Å². The Kier molecular flexibility index (Phi) is 6.36. The van der Waals surface area contributed by atoms with Crippen molar-refractivity contribution in [1.29, 1.82) is 0 Å². The van der Waals surface area contributed by atoms with Gasteiger partial charge in [-0.3, -0.25) is 10.1 Å². The third-order valence-corrected chi connectivity index (χ3v) is 4.44. The van der Waals surface area contributed by atoms with E-state index in [2.05, 4.69) is 34.9 Å². The van der Waals surface area contributed by atoms with Crippen LogP contribution in [0, 0.1) is 10.1 Å². The van der Waals surface area contributed by atoms with E-state index < -0.39 is 4.92 Å². The van der Waals surface area contributed by atoms with Gasteiger partial charge in [-0.25, -0.2) is 4.79 Å². The van der Waals surface area contributed by atoms with Crippen LogP contribution in [0.2, 0.25) is 0 Å². The molecule has 0 saturated heterocycles. The van der Waals surface area contributed by atoms with Crippen molar-refractivity contribution in [1.82, 2.24) is 5.32 Å². The van der Waals surface area contributed by atoms with E-state index in [-0.39, 0.29) is 17.6 Å². The predicted molar refractivity (Wildman–Crippen MR) is 109 cm³/mol. The molecule has 6 nitrogen and oxygen atoms in total. The van der Waals surface area contributed by atoms with Gasteiger partial charge in [0.25, 0.3) is 5.69 Å². The second kappa shape index (κ2) is 9.32. The summed E-state index contributed by atoms with van der Waals surface area (Å²) in [6.45, 7) is 0.467. The first-order valence-electron chi connectivity index (χ1n) is 9.02. The van der Waals surface area contributed by atoms with Gasteiger partial charge in [0, 0.05) is 30.3 Å². The van der Waals surface area contributed by atoms with Crippen LogP contribution in [0.1, 0.15) is 23.5 Å². The zero-order valence-electron chi connectivity index (χ0n) is 15.2. The first kappa shape index (κ1) is 19.1. The van der Waals surface area contributed by atoms with Gasteiger partial charge in [-0.1, -0.05) is 66.7 Å². The highest BCUT2D eigenvalue weighted by molar-refractivity contribution is 5.89. The summed E-state index contributed by atoms with van der Waals surface area (Å²) in [6.07, 6.45) is 0.733. The van der Waals surface area contributed by atoms with Gasteiger partial charge in [0.2, 0.25) is 0 Å². The Morgan fingerprint density at radius 1 is 0.893 bits per heavy atom. The van der Waals surface area contributed by atoms with Gasteiger partial charge in [0.05, 0.1) is 4.92 Å². The number of nitro benzene ring substituents is 1. The molecule has 6 heteroatoms. The number of amides is 2. The molecule has 0 radical (unpaired) electrons. The lowest BCUT2D eigenvalue weighted by Crippen LogP contribution is -2.30. The molecule has 0 aliphatic carbocycles. The Labute approximate surface area is 163 Å². The van der Waals surface area contributed by atoms with E-state index in [1.54, 1.807) is 6.07 Å². The fourth-order valence-corrected chi connectivity index (χ4v) is 3.10. The summed E-state index contributed by atoms with van der Waals surface area (Å²) >= 11 is 0. The maximum absolute atomic E-state index is 12.2. The molecule has 0 heterocycles. The van der Waals surface area contributed by atoms with Gasteiger partial charge in [-0.05, 0) is 23.6 Å². The molecule has 0 aliphatic rings. The third-order valence-electron chi connectivity index (χ3n) is 4.44. The number of benzene rings is 3. The number of urea groups is 1. The molecule has 0 saturated carbocycles. The number of nitro groups is 1. The molecule has 0 aromatic heterocycles. The van der Waals surface area contributed by atoms with Crippen LogP contribution in [0.25, 0.3) is 0 Å². The van der Waals surface area contributed by atoms with E-state index in [1.165, 1.54) is 29.3 Å². The fourth-order valence-electron chi connectivity index (χ4n) is 3.10. The quantitative estimate of drug-likeness (QED) is 0.453. The smallest absolute Gasteiger partial charge is 0.319 e. The Balaban J connectivity index is 1.60. The standard InChI is InChI=1S/C22H21N3O3/c26-22(24-19-12-7-13-20(16-19)25(27)28)23-15-14-21(17-8-3-1-4-9-17)18-10-5-2-6-11-18/h1-13,16,21H,14-15H2,(H2,23,24,26). The zero-order chi connectivity index (χ0) is 19.8. The topological polar surface area (TPSA) is 84.3 Å². The van der Waals surface area contributed by atoms with Crippen LogP contribution in [-0.2, 0) is 0 Å². The second-order valence-corrected chi connectivity index (χ2v) is 6.35. The molecule has 3 aromatic carbocycles. The number of carbonyl (C=O) groups excluding carboxylic acids is 1. The number of anilines is 1. The number of hydrogen-bond acceptors (Lipinski definition) is 3. The molecular weight excluding hydrogens is 354 g/mol. The molecule has 0 fully saturated rings. The average Bonchev–Trinajstić information content (AvgIpc) is 2.72. The minimum Gasteiger partial charge on any atom is -0.338 e. The minimum absolute atomic E-state index is 0.0639. The monoisotopic (exact) mass is 375 g/mol. The molecule has 2 N–H and O–H groups in total. The van der Waals surface area contributed by atoms with Crippen molar-refractivity contribution in [3.05, 3.63) is 106 Å². The van der Waals surface area contributed by atoms with Crippen LogP contribution in [-0.4, -0.2) is 17.5 Å². The molecule has 0 unspecified atom stereocenters. The van der Waals surface area contributed by atoms with Gasteiger partial charge in [-0.15, -0.1) is 0 Å². The van der Waals surface area contributed by atoms with Crippen molar-refractivity contribution in [3.63, 3.8) is 0 Å². The first-order valence-corrected chi connectivity index (χ1v) is 9.02. The number of nitrogens with one attached hydrogen (secondary N) is 2. The maximum Gasteiger partial charge on any atom is 0.319 e. The second-order valence-electron chi connectivity index (χ2n) is 6.35. The first-order chi connectivity index (χ1) is 13.6. The number of nitrogens with zero attached hydrogens (tertiary/aromatic N) is 1. The molecule has 0 atom stereocenters. The summed E-state index contributed by atoms with van der Waals surface area (Å²) in [5, 5.41) is 16.3. The van der Waals surface area contributed by atoms with Gasteiger partial charge in [0.15, 0.2) is 0 Å². The summed E-state index contributed by atoms with van der Waals surface area (Å²) in [5.41, 5.74) is 2.70. The van der Waals surface area contributed by atoms with Crippen LogP contribution in [0.4, 0.5) is 16.2 Å². The lowest BCUT2D eigenvalue weighted by molar-refractivity contribution is -0.384. The van der Waals surface area contributed by atoms with Crippen molar-refractivity contribution in [2.45, 2.75) is 12.3 Å². The zero-order valence-corrected chi connectivity index (χ0v) is 15.2. The van der Waals surface area contributed by atoms with E-state index in [0.29, 0.717) is 12.2 Å². The van der Waals surface area contributed by atoms with Gasteiger partial charge < -0.3 is 10.6 Å². The lowest BCUT2D eigenvalue weighted by Gasteiger charge is -2.18. The minimum atomic E-state index is -0.493. The van der Waals surface area contributed by atoms with Crippen molar-refractivity contribution in [2.75, 3.05) is 11.9 Å². The van der Waals surface area contributed by atoms with Crippen LogP contribution < -0.4 is 10.6 Å². The van der Waals surface area contributed by atoms with Crippen LogP contribution in [0.15, 0.2) is 84.9 Å². The molecule has 0 bridgehead atoms. The Hall–Kier alpha value is -3.67. The van der Waals surface area contributed by atoms with Crippen LogP contribution in [0.5, 0.6) is 0 Å². The normalized spacial score (nSPS) is 10.5. The number of rotatable bonds is 7. The molecule has 3 aromatic rings. The van der Waals surface area contributed by atoms with Gasteiger partial charge in [0.1, 0.15) is 0 Å². The van der Waals surface area contributed by atoms with Gasteiger partial charge >= 0.3 is 6.03 Å². The van der Waals surface area contributed by atoms with Crippen molar-refractivity contribution < 1.29 is 9.72 Å². The summed E-state index contributed by atoms with van der Waals surface area (Å²) in [4.78, 5) is 22.5. The van der Waals surface area contributed by atoms with Crippen LogP contribution >= 0.6 is 0 Å². The highest BCUT2D eigenvalue weighted by atomic mass is 16.6. The molecular formula is C22H21N3O3. The van der Waals surface area contributed by atoms with E-state index in [9.17, 15) is 14.9 Å². The predicted octanol–water partition coefficient (Wildman–Crippen LogP) is 4.94. The maximum atomic E-state index is 12.2. The van der Waals surface area contributed by atoms with Gasteiger partial charge in [-0.2, -0.15) is 0 Å². The summed E-state index contributed by atoms with van der Waals surface area (Å²) in [7, 11) is 0. The highest BCUT2D eigenvalue weighted by Gasteiger charge is 2.14. The van der Waals surface area contributed by atoms with E-state index in [4.69, 9.17) is 0 Å². The SMILES string of the molecule is O=C(NCCC(c1ccccc1)c1ccccc1)Nc1cccc([N+](=O)[O-])c1. The molecule has 3 rings (SSSR count). The van der Waals surface area contributed by atoms with Crippen LogP contribution in [0.3, 0.4) is 0 Å².